The number of nitrogens with one attached hydrogen (secondary N) is 2. The number of esters is 1. The molecule has 2 rings (SSSR count). The monoisotopic (exact) mass is 623 g/mol. The van der Waals surface area contributed by atoms with Gasteiger partial charge in [0.2, 0.25) is 5.91 Å². The van der Waals surface area contributed by atoms with Crippen LogP contribution in [0.15, 0.2) is 54.6 Å². The number of hydrogen-bond acceptors (Lipinski definition) is 7. The van der Waals surface area contributed by atoms with Gasteiger partial charge in [0.1, 0.15) is 29.3 Å². The molecule has 3 atom stereocenters. The lowest BCUT2D eigenvalue weighted by Gasteiger charge is -2.32. The van der Waals surface area contributed by atoms with Crippen LogP contribution >= 0.6 is 11.8 Å². The van der Waals surface area contributed by atoms with Crippen LogP contribution in [0.4, 0.5) is 4.79 Å². The second-order valence-electron chi connectivity index (χ2n) is 12.4. The summed E-state index contributed by atoms with van der Waals surface area (Å²) >= 11 is 1.49. The maximum absolute atomic E-state index is 14.2. The molecule has 0 heterocycles. The molecule has 0 saturated heterocycles. The van der Waals surface area contributed by atoms with E-state index in [1.165, 1.54) is 11.8 Å². The summed E-state index contributed by atoms with van der Waals surface area (Å²) in [5.41, 5.74) is 0.494. The van der Waals surface area contributed by atoms with Crippen LogP contribution in [0, 0.1) is 19.4 Å². The average molecular weight is 624 g/mol. The standard InChI is InChI=1S/C34H45N3O6S/c1-10-37(30(39)26(19-20-44-9)36-32(41)43-34(6,7)8)28(25-18-14-15-23(2)21-25)29(38)35-27(31(40)42-33(3,4)5)22-24-16-12-11-13-17-24/h1,11-18,21,26-28H,19-20,22H2,2-9H3,(H,35,38)(H,36,41). The number of carbonyl (C=O) groups excluding carboxylic acids is 4. The largest absolute Gasteiger partial charge is 0.458 e. The van der Waals surface area contributed by atoms with Gasteiger partial charge in [-0.15, -0.1) is 0 Å². The molecule has 2 N–H and O–H groups in total. The van der Waals surface area contributed by atoms with Gasteiger partial charge in [-0.1, -0.05) is 66.6 Å². The molecule has 0 aromatic heterocycles. The summed E-state index contributed by atoms with van der Waals surface area (Å²) in [7, 11) is 0. The highest BCUT2D eigenvalue weighted by Crippen LogP contribution is 2.25. The van der Waals surface area contributed by atoms with Crippen molar-refractivity contribution in [1.29, 1.82) is 0 Å². The number of nitrogens with zero attached hydrogens (tertiary/aromatic N) is 1. The van der Waals surface area contributed by atoms with Crippen molar-refractivity contribution in [2.24, 2.45) is 0 Å². The summed E-state index contributed by atoms with van der Waals surface area (Å²) < 4.78 is 11.0. The smallest absolute Gasteiger partial charge is 0.408 e. The van der Waals surface area contributed by atoms with Crippen LogP contribution < -0.4 is 10.6 Å². The quantitative estimate of drug-likeness (QED) is 0.191. The lowest BCUT2D eigenvalue weighted by atomic mass is 9.99. The molecule has 0 aliphatic carbocycles. The molecule has 3 unspecified atom stereocenters. The van der Waals surface area contributed by atoms with Crippen molar-refractivity contribution >= 4 is 35.6 Å². The van der Waals surface area contributed by atoms with Crippen LogP contribution in [0.2, 0.25) is 0 Å². The van der Waals surface area contributed by atoms with Crippen molar-refractivity contribution in [3.63, 3.8) is 0 Å². The number of thioether (sulfide) groups is 1. The van der Waals surface area contributed by atoms with E-state index in [9.17, 15) is 19.2 Å². The summed E-state index contributed by atoms with van der Waals surface area (Å²) in [6.07, 6.45) is 7.41. The lowest BCUT2D eigenvalue weighted by molar-refractivity contribution is -0.159. The molecule has 0 saturated carbocycles. The van der Waals surface area contributed by atoms with E-state index in [-0.39, 0.29) is 12.8 Å². The van der Waals surface area contributed by atoms with Gasteiger partial charge >= 0.3 is 12.1 Å². The topological polar surface area (TPSA) is 114 Å². The molecular weight excluding hydrogens is 578 g/mol. The van der Waals surface area contributed by atoms with E-state index >= 15 is 0 Å². The number of aryl methyl sites for hydroxylation is 1. The van der Waals surface area contributed by atoms with E-state index in [1.54, 1.807) is 59.7 Å². The Balaban J connectivity index is 2.52. The number of carbonyl (C=O) groups is 4. The Bertz CT molecular complexity index is 1330. The van der Waals surface area contributed by atoms with E-state index < -0.39 is 53.2 Å². The van der Waals surface area contributed by atoms with Gasteiger partial charge in [0.05, 0.1) is 0 Å². The molecule has 0 aliphatic heterocycles. The van der Waals surface area contributed by atoms with Crippen molar-refractivity contribution in [2.75, 3.05) is 12.0 Å². The van der Waals surface area contributed by atoms with Crippen molar-refractivity contribution in [3.05, 3.63) is 71.3 Å². The number of terminal acetylenes is 1. The maximum atomic E-state index is 14.2. The minimum absolute atomic E-state index is 0.155. The van der Waals surface area contributed by atoms with Gasteiger partial charge in [0, 0.05) is 12.5 Å². The Morgan fingerprint density at radius 2 is 1.55 bits per heavy atom. The predicted molar refractivity (Wildman–Crippen MR) is 174 cm³/mol. The fourth-order valence-electron chi connectivity index (χ4n) is 4.30. The Morgan fingerprint density at radius 1 is 0.909 bits per heavy atom. The van der Waals surface area contributed by atoms with E-state index in [1.807, 2.05) is 49.6 Å². The van der Waals surface area contributed by atoms with Gasteiger partial charge in [-0.05, 0) is 78.0 Å². The minimum Gasteiger partial charge on any atom is -0.458 e. The first kappa shape index (κ1) is 36.2. The van der Waals surface area contributed by atoms with Crippen LogP contribution in [0.5, 0.6) is 0 Å². The van der Waals surface area contributed by atoms with Gasteiger partial charge in [0.25, 0.3) is 5.91 Å². The Kier molecular flexibility index (Phi) is 13.3. The van der Waals surface area contributed by atoms with Gasteiger partial charge in [-0.3, -0.25) is 14.5 Å². The zero-order chi connectivity index (χ0) is 33.1. The number of ether oxygens (including phenoxy) is 2. The fourth-order valence-corrected chi connectivity index (χ4v) is 4.77. The summed E-state index contributed by atoms with van der Waals surface area (Å²) in [5.74, 6) is -1.43. The van der Waals surface area contributed by atoms with Crippen LogP contribution in [-0.2, 0) is 30.3 Å². The normalized spacial score (nSPS) is 13.4. The third-order valence-corrected chi connectivity index (χ3v) is 6.78. The lowest BCUT2D eigenvalue weighted by Crippen LogP contribution is -2.53. The third-order valence-electron chi connectivity index (χ3n) is 6.13. The molecular formula is C34H45N3O6S. The molecule has 0 bridgehead atoms. The third kappa shape index (κ3) is 12.0. The molecule has 44 heavy (non-hydrogen) atoms. The highest BCUT2D eigenvalue weighted by molar-refractivity contribution is 7.98. The predicted octanol–water partition coefficient (Wildman–Crippen LogP) is 5.17. The second kappa shape index (κ2) is 16.2. The highest BCUT2D eigenvalue weighted by atomic mass is 32.2. The van der Waals surface area contributed by atoms with Gasteiger partial charge in [-0.25, -0.2) is 9.59 Å². The minimum atomic E-state index is -1.31. The van der Waals surface area contributed by atoms with Crippen molar-refractivity contribution in [3.8, 4) is 12.5 Å². The SMILES string of the molecule is C#CN(C(=O)C(CCSC)NC(=O)OC(C)(C)C)C(C(=O)NC(Cc1ccccc1)C(=O)OC(C)(C)C)c1cccc(C)c1. The molecule has 238 valence electrons. The van der Waals surface area contributed by atoms with Crippen LogP contribution in [-0.4, -0.2) is 64.1 Å². The zero-order valence-corrected chi connectivity index (χ0v) is 27.7. The highest BCUT2D eigenvalue weighted by Gasteiger charge is 2.38. The summed E-state index contributed by atoms with van der Waals surface area (Å²) in [4.78, 5) is 55.1. The molecule has 0 radical (unpaired) electrons. The van der Waals surface area contributed by atoms with Crippen molar-refractivity contribution < 1.29 is 28.7 Å². The number of benzene rings is 2. The van der Waals surface area contributed by atoms with Crippen LogP contribution in [0.1, 0.15) is 70.7 Å². The van der Waals surface area contributed by atoms with Gasteiger partial charge < -0.3 is 20.1 Å². The number of alkyl carbamates (subject to hydrolysis) is 1. The van der Waals surface area contributed by atoms with Gasteiger partial charge in [-0.2, -0.15) is 11.8 Å². The molecule has 9 nitrogen and oxygen atoms in total. The van der Waals surface area contributed by atoms with Crippen molar-refractivity contribution in [1.82, 2.24) is 15.5 Å². The Hall–Kier alpha value is -3.97. The molecule has 2 aromatic rings. The van der Waals surface area contributed by atoms with E-state index in [0.717, 1.165) is 16.0 Å². The first-order valence-electron chi connectivity index (χ1n) is 14.5. The molecule has 2 aromatic carbocycles. The summed E-state index contributed by atoms with van der Waals surface area (Å²) in [5, 5.41) is 5.44. The van der Waals surface area contributed by atoms with E-state index in [2.05, 4.69) is 16.7 Å². The number of rotatable bonds is 12. The number of amides is 3. The molecule has 3 amide bonds. The zero-order valence-electron chi connectivity index (χ0n) is 26.9. The molecule has 0 fully saturated rings. The number of hydrogen-bond donors (Lipinski definition) is 2. The molecule has 0 aliphatic rings. The fraction of sp³-hybridized carbons (Fsp3) is 0.471. The second-order valence-corrected chi connectivity index (χ2v) is 13.4. The van der Waals surface area contributed by atoms with E-state index in [0.29, 0.717) is 11.3 Å². The Labute approximate surface area is 265 Å². The molecule has 0 spiro atoms. The van der Waals surface area contributed by atoms with E-state index in [4.69, 9.17) is 15.9 Å². The summed E-state index contributed by atoms with van der Waals surface area (Å²) in [6.45, 7) is 12.2. The van der Waals surface area contributed by atoms with Gasteiger partial charge in [0.15, 0.2) is 0 Å². The summed E-state index contributed by atoms with van der Waals surface area (Å²) in [6, 6.07) is 15.2. The Morgan fingerprint density at radius 3 is 2.09 bits per heavy atom. The average Bonchev–Trinajstić information content (AvgIpc) is 2.91. The van der Waals surface area contributed by atoms with Crippen LogP contribution in [0.3, 0.4) is 0 Å². The first-order valence-corrected chi connectivity index (χ1v) is 15.9. The maximum Gasteiger partial charge on any atom is 0.408 e. The molecule has 10 heteroatoms. The van der Waals surface area contributed by atoms with Crippen molar-refractivity contribution in [2.45, 2.75) is 90.6 Å². The first-order chi connectivity index (χ1) is 20.5. The van der Waals surface area contributed by atoms with Crippen LogP contribution in [0.25, 0.3) is 0 Å².